The number of ketones is 1. The van der Waals surface area contributed by atoms with Gasteiger partial charge < -0.3 is 0 Å². The second-order valence-corrected chi connectivity index (χ2v) is 5.04. The van der Waals surface area contributed by atoms with Crippen LogP contribution in [-0.4, -0.2) is 5.78 Å². The third-order valence-corrected chi connectivity index (χ3v) is 4.39. The Kier molecular flexibility index (Phi) is 2.38. The highest BCUT2D eigenvalue weighted by Crippen LogP contribution is 2.29. The van der Waals surface area contributed by atoms with Crippen molar-refractivity contribution >= 4 is 49.8 Å². The van der Waals surface area contributed by atoms with Gasteiger partial charge in [0.25, 0.3) is 0 Å². The van der Waals surface area contributed by atoms with Gasteiger partial charge in [0, 0.05) is 8.27 Å². The number of carbonyl (C=O) groups excluding carboxylic acids is 1. The Morgan fingerprint density at radius 3 is 2.85 bits per heavy atom. The van der Waals surface area contributed by atoms with Crippen molar-refractivity contribution < 1.29 is 4.79 Å². The summed E-state index contributed by atoms with van der Waals surface area (Å²) in [6.07, 6.45) is 0. The van der Waals surface area contributed by atoms with E-state index in [4.69, 9.17) is 0 Å². The number of rotatable bonds is 1. The third-order valence-electron chi connectivity index (χ3n) is 1.84. The number of thiophene rings is 1. The maximum absolute atomic E-state index is 11.1. The summed E-state index contributed by atoms with van der Waals surface area (Å²) >= 11 is 3.87. The first-order valence-electron chi connectivity index (χ1n) is 3.87. The lowest BCUT2D eigenvalue weighted by Gasteiger charge is -1.89. The van der Waals surface area contributed by atoms with Crippen LogP contribution in [0, 0.1) is 3.57 Å². The van der Waals surface area contributed by atoms with E-state index in [0.717, 1.165) is 4.88 Å². The van der Waals surface area contributed by atoms with Crippen LogP contribution in [-0.2, 0) is 0 Å². The van der Waals surface area contributed by atoms with Crippen LogP contribution < -0.4 is 0 Å². The molecular weight excluding hydrogens is 295 g/mol. The molecule has 2 rings (SSSR count). The van der Waals surface area contributed by atoms with Gasteiger partial charge in [-0.3, -0.25) is 4.79 Å². The highest BCUT2D eigenvalue weighted by Gasteiger charge is 2.06. The molecule has 0 aliphatic heterocycles. The average Bonchev–Trinajstić information content (AvgIpc) is 2.49. The molecular formula is C10H7IOS. The number of hydrogen-bond acceptors (Lipinski definition) is 2. The van der Waals surface area contributed by atoms with E-state index in [1.807, 2.05) is 18.2 Å². The zero-order valence-electron chi connectivity index (χ0n) is 7.00. The molecule has 0 aliphatic rings. The van der Waals surface area contributed by atoms with Crippen LogP contribution in [0.15, 0.2) is 24.3 Å². The summed E-state index contributed by atoms with van der Waals surface area (Å²) in [6, 6.07) is 8.08. The van der Waals surface area contributed by atoms with Crippen molar-refractivity contribution in [2.75, 3.05) is 0 Å². The molecule has 13 heavy (non-hydrogen) atoms. The summed E-state index contributed by atoms with van der Waals surface area (Å²) in [7, 11) is 0. The van der Waals surface area contributed by atoms with Crippen LogP contribution in [0.1, 0.15) is 16.6 Å². The molecule has 0 spiro atoms. The number of fused-ring (bicyclic) bond motifs is 1. The molecule has 0 fully saturated rings. The fourth-order valence-corrected chi connectivity index (χ4v) is 3.01. The van der Waals surface area contributed by atoms with Gasteiger partial charge in [-0.2, -0.15) is 0 Å². The second-order valence-electron chi connectivity index (χ2n) is 2.83. The first-order valence-corrected chi connectivity index (χ1v) is 5.77. The van der Waals surface area contributed by atoms with E-state index in [9.17, 15) is 4.79 Å². The SMILES string of the molecule is CC(=O)c1cc2cccc(I)c2s1. The molecule has 3 heteroatoms. The quantitative estimate of drug-likeness (QED) is 0.580. The lowest BCUT2D eigenvalue weighted by molar-refractivity contribution is 0.102. The molecule has 66 valence electrons. The number of halogens is 1. The molecule has 1 heterocycles. The summed E-state index contributed by atoms with van der Waals surface area (Å²) in [6.45, 7) is 1.61. The summed E-state index contributed by atoms with van der Waals surface area (Å²) in [5, 5.41) is 1.17. The van der Waals surface area contributed by atoms with Crippen molar-refractivity contribution in [1.82, 2.24) is 0 Å². The number of benzene rings is 1. The van der Waals surface area contributed by atoms with Crippen molar-refractivity contribution in [2.24, 2.45) is 0 Å². The van der Waals surface area contributed by atoms with Gasteiger partial charge in [-0.25, -0.2) is 0 Å². The molecule has 0 saturated heterocycles. The van der Waals surface area contributed by atoms with Gasteiger partial charge in [-0.05, 0) is 47.0 Å². The molecule has 0 saturated carbocycles. The van der Waals surface area contributed by atoms with E-state index in [2.05, 4.69) is 28.7 Å². The predicted octanol–water partition coefficient (Wildman–Crippen LogP) is 3.71. The van der Waals surface area contributed by atoms with E-state index < -0.39 is 0 Å². The Hall–Kier alpha value is -0.420. The lowest BCUT2D eigenvalue weighted by atomic mass is 10.2. The van der Waals surface area contributed by atoms with Gasteiger partial charge in [0.2, 0.25) is 0 Å². The topological polar surface area (TPSA) is 17.1 Å². The van der Waals surface area contributed by atoms with Crippen LogP contribution >= 0.6 is 33.9 Å². The Morgan fingerprint density at radius 1 is 1.46 bits per heavy atom. The normalized spacial score (nSPS) is 10.6. The first-order chi connectivity index (χ1) is 6.18. The van der Waals surface area contributed by atoms with Crippen molar-refractivity contribution in [3.63, 3.8) is 0 Å². The van der Waals surface area contributed by atoms with Gasteiger partial charge in [0.15, 0.2) is 5.78 Å². The monoisotopic (exact) mass is 302 g/mol. The molecule has 0 N–H and O–H groups in total. The fraction of sp³-hybridized carbons (Fsp3) is 0.100. The summed E-state index contributed by atoms with van der Waals surface area (Å²) in [5.41, 5.74) is 0. The van der Waals surface area contributed by atoms with Gasteiger partial charge in [-0.15, -0.1) is 11.3 Å². The maximum Gasteiger partial charge on any atom is 0.169 e. The molecule has 1 nitrogen and oxygen atoms in total. The smallest absolute Gasteiger partial charge is 0.169 e. The first kappa shape index (κ1) is 9.15. The van der Waals surface area contributed by atoms with Crippen molar-refractivity contribution in [3.8, 4) is 0 Å². The molecule has 0 aliphatic carbocycles. The highest BCUT2D eigenvalue weighted by atomic mass is 127. The Balaban J connectivity index is 2.75. The van der Waals surface area contributed by atoms with Crippen LogP contribution in [0.25, 0.3) is 10.1 Å². The molecule has 0 amide bonds. The van der Waals surface area contributed by atoms with Crippen LogP contribution in [0.4, 0.5) is 0 Å². The summed E-state index contributed by atoms with van der Waals surface area (Å²) in [4.78, 5) is 12.0. The van der Waals surface area contributed by atoms with E-state index in [0.29, 0.717) is 0 Å². The van der Waals surface area contributed by atoms with Gasteiger partial charge >= 0.3 is 0 Å². The minimum Gasteiger partial charge on any atom is -0.294 e. The molecule has 1 aromatic heterocycles. The summed E-state index contributed by atoms with van der Waals surface area (Å²) < 4.78 is 2.43. The Morgan fingerprint density at radius 2 is 2.23 bits per heavy atom. The third kappa shape index (κ3) is 1.62. The predicted molar refractivity (Wildman–Crippen MR) is 64.5 cm³/mol. The van der Waals surface area contributed by atoms with Crippen LogP contribution in [0.3, 0.4) is 0 Å². The fourth-order valence-electron chi connectivity index (χ4n) is 1.20. The minimum absolute atomic E-state index is 0.150. The lowest BCUT2D eigenvalue weighted by Crippen LogP contribution is -1.83. The zero-order chi connectivity index (χ0) is 9.42. The van der Waals surface area contributed by atoms with Crippen molar-refractivity contribution in [2.45, 2.75) is 6.92 Å². The molecule has 0 bridgehead atoms. The van der Waals surface area contributed by atoms with E-state index in [1.165, 1.54) is 13.7 Å². The molecule has 0 unspecified atom stereocenters. The molecule has 0 radical (unpaired) electrons. The highest BCUT2D eigenvalue weighted by molar-refractivity contribution is 14.1. The van der Waals surface area contributed by atoms with Crippen molar-refractivity contribution in [1.29, 1.82) is 0 Å². The van der Waals surface area contributed by atoms with Gasteiger partial charge in [-0.1, -0.05) is 12.1 Å². The summed E-state index contributed by atoms with van der Waals surface area (Å²) in [5.74, 6) is 0.150. The minimum atomic E-state index is 0.150. The number of hydrogen-bond donors (Lipinski definition) is 0. The van der Waals surface area contributed by atoms with Gasteiger partial charge in [0.1, 0.15) is 0 Å². The number of Topliss-reactive ketones (excluding diaryl/α,β-unsaturated/α-hetero) is 1. The zero-order valence-corrected chi connectivity index (χ0v) is 9.98. The van der Waals surface area contributed by atoms with Crippen LogP contribution in [0.5, 0.6) is 0 Å². The number of carbonyl (C=O) groups is 1. The largest absolute Gasteiger partial charge is 0.294 e. The standard InChI is InChI=1S/C10H7IOS/c1-6(12)9-5-7-3-2-4-8(11)10(7)13-9/h2-5H,1H3. The van der Waals surface area contributed by atoms with E-state index in [1.54, 1.807) is 18.3 Å². The Bertz CT molecular complexity index is 473. The molecule has 2 aromatic rings. The maximum atomic E-state index is 11.1. The van der Waals surface area contributed by atoms with Gasteiger partial charge in [0.05, 0.1) is 4.88 Å². The van der Waals surface area contributed by atoms with Crippen molar-refractivity contribution in [3.05, 3.63) is 32.7 Å². The Labute approximate surface area is 93.9 Å². The second kappa shape index (κ2) is 3.38. The average molecular weight is 302 g/mol. The van der Waals surface area contributed by atoms with Crippen LogP contribution in [0.2, 0.25) is 0 Å². The molecule has 1 aromatic carbocycles. The van der Waals surface area contributed by atoms with E-state index in [-0.39, 0.29) is 5.78 Å². The van der Waals surface area contributed by atoms with E-state index >= 15 is 0 Å². The molecule has 0 atom stereocenters.